The Bertz CT molecular complexity index is 522. The van der Waals surface area contributed by atoms with E-state index >= 15 is 0 Å². The van der Waals surface area contributed by atoms with Crippen molar-refractivity contribution in [2.24, 2.45) is 11.7 Å². The van der Waals surface area contributed by atoms with Crippen LogP contribution in [0.15, 0.2) is 12.1 Å². The van der Waals surface area contributed by atoms with Crippen molar-refractivity contribution in [1.82, 2.24) is 0 Å². The topological polar surface area (TPSA) is 81.2 Å². The van der Waals surface area contributed by atoms with Crippen LogP contribution in [0.4, 0.5) is 15.8 Å². The molecule has 1 unspecified atom stereocenters. The lowest BCUT2D eigenvalue weighted by Gasteiger charge is -2.30. The number of benzene rings is 1. The maximum atomic E-state index is 13.3. The van der Waals surface area contributed by atoms with Crippen LogP contribution in [-0.2, 0) is 0 Å². The molecule has 1 aliphatic carbocycles. The maximum Gasteiger partial charge on any atom is 0.295 e. The van der Waals surface area contributed by atoms with Crippen LogP contribution >= 0.6 is 11.6 Å². The number of hydrogen-bond donors (Lipinski definition) is 2. The Morgan fingerprint density at radius 1 is 1.63 bits per heavy atom. The Hall–Kier alpha value is -1.40. The van der Waals surface area contributed by atoms with E-state index in [1.165, 1.54) is 6.07 Å². The van der Waals surface area contributed by atoms with Gasteiger partial charge in [0.2, 0.25) is 0 Å². The van der Waals surface area contributed by atoms with Gasteiger partial charge >= 0.3 is 0 Å². The van der Waals surface area contributed by atoms with E-state index in [4.69, 9.17) is 17.3 Å². The van der Waals surface area contributed by atoms with Crippen LogP contribution in [0.25, 0.3) is 0 Å². The number of nitrogens with one attached hydrogen (secondary N) is 1. The van der Waals surface area contributed by atoms with Gasteiger partial charge in [0.1, 0.15) is 11.5 Å². The third-order valence-corrected chi connectivity index (χ3v) is 3.85. The fourth-order valence-electron chi connectivity index (χ4n) is 2.14. The minimum atomic E-state index is -0.806. The quantitative estimate of drug-likeness (QED) is 0.644. The summed E-state index contributed by atoms with van der Waals surface area (Å²) in [6, 6.07) is 2.07. The van der Waals surface area contributed by atoms with Gasteiger partial charge in [-0.05, 0) is 31.7 Å². The van der Waals surface area contributed by atoms with E-state index in [0.717, 1.165) is 18.9 Å². The standard InChI is InChI=1S/C12H15ClFN3O2/c1-12(6-15,7-2-3-7)16-10-4-8(13)9(14)5-11(10)17(18)19/h4-5,7,16H,2-3,6,15H2,1H3. The van der Waals surface area contributed by atoms with E-state index in [-0.39, 0.29) is 16.4 Å². The number of nitro benzene ring substituents is 1. The fourth-order valence-corrected chi connectivity index (χ4v) is 2.30. The lowest BCUT2D eigenvalue weighted by Crippen LogP contribution is -2.44. The first kappa shape index (κ1) is 14.0. The van der Waals surface area contributed by atoms with Gasteiger partial charge < -0.3 is 11.1 Å². The first-order valence-corrected chi connectivity index (χ1v) is 6.37. The molecule has 0 aromatic heterocycles. The molecule has 2 rings (SSSR count). The van der Waals surface area contributed by atoms with Gasteiger partial charge in [0.15, 0.2) is 0 Å². The second kappa shape index (κ2) is 4.94. The van der Waals surface area contributed by atoms with Crippen LogP contribution in [0, 0.1) is 21.8 Å². The highest BCUT2D eigenvalue weighted by atomic mass is 35.5. The maximum absolute atomic E-state index is 13.3. The molecular weight excluding hydrogens is 273 g/mol. The smallest absolute Gasteiger partial charge is 0.295 e. The van der Waals surface area contributed by atoms with E-state index in [1.807, 2.05) is 6.92 Å². The lowest BCUT2D eigenvalue weighted by molar-refractivity contribution is -0.384. The summed E-state index contributed by atoms with van der Waals surface area (Å²) >= 11 is 5.69. The van der Waals surface area contributed by atoms with Crippen molar-refractivity contribution in [1.29, 1.82) is 0 Å². The highest BCUT2D eigenvalue weighted by Gasteiger charge is 2.41. The summed E-state index contributed by atoms with van der Waals surface area (Å²) in [4.78, 5) is 10.3. The van der Waals surface area contributed by atoms with Gasteiger partial charge in [-0.2, -0.15) is 0 Å². The van der Waals surface area contributed by atoms with Gasteiger partial charge in [0.25, 0.3) is 5.69 Å². The van der Waals surface area contributed by atoms with Gasteiger partial charge in [-0.15, -0.1) is 0 Å². The van der Waals surface area contributed by atoms with Crippen LogP contribution < -0.4 is 11.1 Å². The molecule has 0 amide bonds. The number of hydrogen-bond acceptors (Lipinski definition) is 4. The summed E-state index contributed by atoms with van der Waals surface area (Å²) in [5.41, 5.74) is 5.19. The van der Waals surface area contributed by atoms with Crippen LogP contribution in [0.5, 0.6) is 0 Å². The molecular formula is C12H15ClFN3O2. The highest BCUT2D eigenvalue weighted by Crippen LogP contribution is 2.42. The van der Waals surface area contributed by atoms with Crippen molar-refractivity contribution in [2.75, 3.05) is 11.9 Å². The first-order valence-electron chi connectivity index (χ1n) is 5.99. The average molecular weight is 288 g/mol. The number of nitro groups is 1. The van der Waals surface area contributed by atoms with E-state index in [1.54, 1.807) is 0 Å². The Kier molecular flexibility index (Phi) is 3.64. The van der Waals surface area contributed by atoms with E-state index in [0.29, 0.717) is 12.5 Å². The second-order valence-corrected chi connectivity index (χ2v) is 5.47. The van der Waals surface area contributed by atoms with Gasteiger partial charge in [-0.25, -0.2) is 4.39 Å². The third kappa shape index (κ3) is 2.79. The molecule has 1 saturated carbocycles. The molecule has 0 aliphatic heterocycles. The summed E-state index contributed by atoms with van der Waals surface area (Å²) in [5.74, 6) is -0.430. The predicted octanol–water partition coefficient (Wildman–Crippen LogP) is 2.93. The van der Waals surface area contributed by atoms with Crippen LogP contribution in [0.3, 0.4) is 0 Å². The summed E-state index contributed by atoms with van der Waals surface area (Å²) < 4.78 is 13.3. The SMILES string of the molecule is CC(CN)(Nc1cc(Cl)c(F)cc1[N+](=O)[O-])C1CC1. The first-order chi connectivity index (χ1) is 8.87. The van der Waals surface area contributed by atoms with E-state index in [2.05, 4.69) is 5.32 Å². The molecule has 7 heteroatoms. The molecule has 0 heterocycles. The molecule has 1 aromatic rings. The zero-order valence-corrected chi connectivity index (χ0v) is 11.2. The fraction of sp³-hybridized carbons (Fsp3) is 0.500. The molecule has 5 nitrogen and oxygen atoms in total. The molecule has 0 radical (unpaired) electrons. The van der Waals surface area contributed by atoms with Crippen molar-refractivity contribution < 1.29 is 9.31 Å². The minimum absolute atomic E-state index is 0.150. The number of rotatable bonds is 5. The monoisotopic (exact) mass is 287 g/mol. The molecule has 0 bridgehead atoms. The minimum Gasteiger partial charge on any atom is -0.373 e. The van der Waals surface area contributed by atoms with Crippen molar-refractivity contribution in [3.63, 3.8) is 0 Å². The molecule has 104 valence electrons. The number of anilines is 1. The Morgan fingerprint density at radius 3 is 2.74 bits per heavy atom. The molecule has 0 spiro atoms. The van der Waals surface area contributed by atoms with Crippen molar-refractivity contribution >= 4 is 23.0 Å². The summed E-state index contributed by atoms with van der Waals surface area (Å²) in [5, 5.41) is 13.9. The lowest BCUT2D eigenvalue weighted by atomic mass is 9.95. The molecule has 1 atom stereocenters. The van der Waals surface area contributed by atoms with Crippen LogP contribution in [0.1, 0.15) is 19.8 Å². The normalized spacial score (nSPS) is 17.9. The zero-order chi connectivity index (χ0) is 14.2. The largest absolute Gasteiger partial charge is 0.373 e. The summed E-state index contributed by atoms with van der Waals surface area (Å²) in [6.45, 7) is 2.25. The predicted molar refractivity (Wildman–Crippen MR) is 71.9 cm³/mol. The third-order valence-electron chi connectivity index (χ3n) is 3.56. The van der Waals surface area contributed by atoms with Gasteiger partial charge in [0, 0.05) is 12.1 Å². The van der Waals surface area contributed by atoms with Gasteiger partial charge in [-0.3, -0.25) is 10.1 Å². The van der Waals surface area contributed by atoms with Crippen molar-refractivity contribution in [2.45, 2.75) is 25.3 Å². The van der Waals surface area contributed by atoms with Gasteiger partial charge in [-0.1, -0.05) is 11.6 Å². The van der Waals surface area contributed by atoms with Crippen LogP contribution in [0.2, 0.25) is 5.02 Å². The Morgan fingerprint density at radius 2 is 2.26 bits per heavy atom. The summed E-state index contributed by atoms with van der Waals surface area (Å²) in [7, 11) is 0. The zero-order valence-electron chi connectivity index (χ0n) is 10.5. The van der Waals surface area contributed by atoms with Crippen molar-refractivity contribution in [3.8, 4) is 0 Å². The Labute approximate surface area is 115 Å². The van der Waals surface area contributed by atoms with Crippen LogP contribution in [-0.4, -0.2) is 17.0 Å². The molecule has 0 saturated heterocycles. The second-order valence-electron chi connectivity index (χ2n) is 5.06. The number of nitrogens with two attached hydrogens (primary N) is 1. The highest BCUT2D eigenvalue weighted by molar-refractivity contribution is 6.31. The number of nitrogens with zero attached hydrogens (tertiary/aromatic N) is 1. The molecule has 1 aromatic carbocycles. The molecule has 19 heavy (non-hydrogen) atoms. The number of halogens is 2. The molecule has 1 fully saturated rings. The Balaban J connectivity index is 2.38. The average Bonchev–Trinajstić information content (AvgIpc) is 3.17. The van der Waals surface area contributed by atoms with E-state index < -0.39 is 16.3 Å². The molecule has 3 N–H and O–H groups in total. The van der Waals surface area contributed by atoms with Gasteiger partial charge in [0.05, 0.1) is 16.0 Å². The summed E-state index contributed by atoms with van der Waals surface area (Å²) in [6.07, 6.45) is 2.06. The van der Waals surface area contributed by atoms with E-state index in [9.17, 15) is 14.5 Å². The van der Waals surface area contributed by atoms with Crippen molar-refractivity contribution in [3.05, 3.63) is 33.1 Å². The molecule has 1 aliphatic rings.